The van der Waals surface area contributed by atoms with Crippen molar-refractivity contribution in [3.63, 3.8) is 0 Å². The summed E-state index contributed by atoms with van der Waals surface area (Å²) in [6.07, 6.45) is 6.78. The summed E-state index contributed by atoms with van der Waals surface area (Å²) in [5.41, 5.74) is 2.66. The fourth-order valence-corrected chi connectivity index (χ4v) is 6.43. The van der Waals surface area contributed by atoms with Crippen LogP contribution in [-0.4, -0.2) is 55.2 Å². The van der Waals surface area contributed by atoms with Crippen LogP contribution in [0.5, 0.6) is 11.5 Å². The Morgan fingerprint density at radius 2 is 1.87 bits per heavy atom. The van der Waals surface area contributed by atoms with E-state index in [4.69, 9.17) is 21.1 Å². The van der Waals surface area contributed by atoms with Gasteiger partial charge in [0.2, 0.25) is 5.91 Å². The number of hydrogen-bond donors (Lipinski definition) is 0. The van der Waals surface area contributed by atoms with E-state index in [9.17, 15) is 9.59 Å². The SMILES string of the molecule is CCCCC1C(c2ccc3c(c2)N(C(=O)Oc2cc(OC)ccc2Cl)C[C@H](C)N3C(C)=O)CCN1C1CC1. The van der Waals surface area contributed by atoms with Crippen LogP contribution in [0.3, 0.4) is 0 Å². The van der Waals surface area contributed by atoms with Crippen molar-refractivity contribution in [1.29, 1.82) is 0 Å². The van der Waals surface area contributed by atoms with E-state index < -0.39 is 6.09 Å². The van der Waals surface area contributed by atoms with E-state index in [1.807, 2.05) is 13.0 Å². The average Bonchev–Trinajstić information content (AvgIpc) is 3.66. The molecule has 0 spiro atoms. The molecular formula is C30H38ClN3O4. The van der Waals surface area contributed by atoms with Crippen LogP contribution in [-0.2, 0) is 4.79 Å². The van der Waals surface area contributed by atoms with Crippen molar-refractivity contribution in [3.05, 3.63) is 47.0 Å². The zero-order chi connectivity index (χ0) is 27.0. The molecule has 7 nitrogen and oxygen atoms in total. The van der Waals surface area contributed by atoms with Gasteiger partial charge in [-0.3, -0.25) is 14.6 Å². The number of hydrogen-bond acceptors (Lipinski definition) is 5. The van der Waals surface area contributed by atoms with Gasteiger partial charge in [0.1, 0.15) is 5.75 Å². The Balaban J connectivity index is 1.49. The number of carbonyl (C=O) groups is 2. The van der Waals surface area contributed by atoms with Crippen LogP contribution in [0.2, 0.25) is 5.02 Å². The highest BCUT2D eigenvalue weighted by molar-refractivity contribution is 6.32. The molecule has 0 N–H and O–H groups in total. The number of carbonyl (C=O) groups excluding carboxylic acids is 2. The highest BCUT2D eigenvalue weighted by atomic mass is 35.5. The summed E-state index contributed by atoms with van der Waals surface area (Å²) in [5, 5.41) is 0.327. The van der Waals surface area contributed by atoms with Gasteiger partial charge in [-0.05, 0) is 69.0 Å². The third-order valence-corrected chi connectivity index (χ3v) is 8.53. The van der Waals surface area contributed by atoms with Gasteiger partial charge in [0, 0.05) is 37.5 Å². The Morgan fingerprint density at radius 1 is 1.08 bits per heavy atom. The zero-order valence-corrected chi connectivity index (χ0v) is 23.5. The van der Waals surface area contributed by atoms with Gasteiger partial charge in [0.15, 0.2) is 5.75 Å². The molecule has 204 valence electrons. The summed E-state index contributed by atoms with van der Waals surface area (Å²) >= 11 is 6.33. The Kier molecular flexibility index (Phi) is 7.87. The number of likely N-dealkylation sites (tertiary alicyclic amines) is 1. The molecule has 3 aliphatic rings. The Bertz CT molecular complexity index is 1200. The van der Waals surface area contributed by atoms with Crippen molar-refractivity contribution in [2.75, 3.05) is 30.0 Å². The Hall–Kier alpha value is -2.77. The Morgan fingerprint density at radius 3 is 2.55 bits per heavy atom. The predicted molar refractivity (Wildman–Crippen MR) is 151 cm³/mol. The van der Waals surface area contributed by atoms with Crippen molar-refractivity contribution in [2.24, 2.45) is 0 Å². The fourth-order valence-electron chi connectivity index (χ4n) is 6.27. The summed E-state index contributed by atoms with van der Waals surface area (Å²) in [7, 11) is 1.55. The number of halogens is 1. The first-order valence-corrected chi connectivity index (χ1v) is 14.2. The maximum Gasteiger partial charge on any atom is 0.419 e. The van der Waals surface area contributed by atoms with E-state index >= 15 is 0 Å². The summed E-state index contributed by atoms with van der Waals surface area (Å²) in [4.78, 5) is 32.4. The quantitative estimate of drug-likeness (QED) is 0.395. The van der Waals surface area contributed by atoms with Crippen LogP contribution in [0.1, 0.15) is 70.8 Å². The number of fused-ring (bicyclic) bond motifs is 1. The molecule has 2 unspecified atom stereocenters. The lowest BCUT2D eigenvalue weighted by molar-refractivity contribution is -0.117. The number of nitrogens with zero attached hydrogens (tertiary/aromatic N) is 3. The van der Waals surface area contributed by atoms with Gasteiger partial charge in [0.05, 0.1) is 29.5 Å². The summed E-state index contributed by atoms with van der Waals surface area (Å²) in [6.45, 7) is 7.22. The predicted octanol–water partition coefficient (Wildman–Crippen LogP) is 6.62. The lowest BCUT2D eigenvalue weighted by atomic mass is 9.87. The van der Waals surface area contributed by atoms with Gasteiger partial charge >= 0.3 is 6.09 Å². The van der Waals surface area contributed by atoms with Gasteiger partial charge < -0.3 is 14.4 Å². The minimum absolute atomic E-state index is 0.0445. The smallest absolute Gasteiger partial charge is 0.419 e. The molecule has 38 heavy (non-hydrogen) atoms. The van der Waals surface area contributed by atoms with Gasteiger partial charge in [-0.15, -0.1) is 0 Å². The highest BCUT2D eigenvalue weighted by Gasteiger charge is 2.43. The summed E-state index contributed by atoms with van der Waals surface area (Å²) < 4.78 is 11.1. The molecule has 3 atom stereocenters. The molecule has 5 rings (SSSR count). The van der Waals surface area contributed by atoms with E-state index in [2.05, 4.69) is 24.0 Å². The van der Waals surface area contributed by atoms with Crippen LogP contribution < -0.4 is 19.3 Å². The average molecular weight is 540 g/mol. The number of benzene rings is 2. The van der Waals surface area contributed by atoms with E-state index in [0.29, 0.717) is 35.0 Å². The van der Waals surface area contributed by atoms with Crippen LogP contribution in [0.25, 0.3) is 0 Å². The van der Waals surface area contributed by atoms with Crippen LogP contribution >= 0.6 is 11.6 Å². The normalized spacial score (nSPS) is 23.3. The first-order valence-electron chi connectivity index (χ1n) is 13.8. The first-order chi connectivity index (χ1) is 18.3. The summed E-state index contributed by atoms with van der Waals surface area (Å²) in [5.74, 6) is 1.15. The van der Waals surface area contributed by atoms with Crippen molar-refractivity contribution in [1.82, 2.24) is 4.90 Å². The second-order valence-electron chi connectivity index (χ2n) is 10.8. The van der Waals surface area contributed by atoms with Gasteiger partial charge in [0.25, 0.3) is 0 Å². The largest absolute Gasteiger partial charge is 0.497 e. The molecule has 2 amide bonds. The lowest BCUT2D eigenvalue weighted by Crippen LogP contribution is -2.52. The molecule has 2 aromatic carbocycles. The second kappa shape index (κ2) is 11.1. The molecule has 1 saturated heterocycles. The monoisotopic (exact) mass is 539 g/mol. The van der Waals surface area contributed by atoms with Crippen molar-refractivity contribution >= 4 is 35.0 Å². The number of rotatable bonds is 7. The molecule has 0 aromatic heterocycles. The molecule has 1 saturated carbocycles. The molecule has 0 bridgehead atoms. The topological polar surface area (TPSA) is 62.3 Å². The first kappa shape index (κ1) is 26.8. The molecule has 2 aromatic rings. The van der Waals surface area contributed by atoms with Crippen molar-refractivity contribution in [2.45, 2.75) is 83.3 Å². The molecule has 1 aliphatic carbocycles. The number of amides is 2. The van der Waals surface area contributed by atoms with Gasteiger partial charge in [-0.1, -0.05) is 37.4 Å². The Labute approximate surface area is 230 Å². The van der Waals surface area contributed by atoms with E-state index in [0.717, 1.165) is 24.7 Å². The van der Waals surface area contributed by atoms with Crippen molar-refractivity contribution < 1.29 is 19.1 Å². The van der Waals surface area contributed by atoms with Crippen LogP contribution in [0.4, 0.5) is 16.2 Å². The maximum absolute atomic E-state index is 13.6. The number of unbranched alkanes of at least 4 members (excludes halogenated alkanes) is 1. The van der Waals surface area contributed by atoms with Gasteiger partial charge in [-0.2, -0.15) is 0 Å². The van der Waals surface area contributed by atoms with Gasteiger partial charge in [-0.25, -0.2) is 4.79 Å². The maximum atomic E-state index is 13.6. The molecule has 2 fully saturated rings. The third kappa shape index (κ3) is 5.23. The van der Waals surface area contributed by atoms with E-state index in [1.54, 1.807) is 42.0 Å². The summed E-state index contributed by atoms with van der Waals surface area (Å²) in [6, 6.07) is 12.3. The molecule has 0 radical (unpaired) electrons. The van der Waals surface area contributed by atoms with Crippen LogP contribution in [0.15, 0.2) is 36.4 Å². The third-order valence-electron chi connectivity index (χ3n) is 8.22. The molecular weight excluding hydrogens is 502 g/mol. The fraction of sp³-hybridized carbons (Fsp3) is 0.533. The van der Waals surface area contributed by atoms with Crippen LogP contribution in [0, 0.1) is 0 Å². The lowest BCUT2D eigenvalue weighted by Gasteiger charge is -2.40. The minimum Gasteiger partial charge on any atom is -0.497 e. The van der Waals surface area contributed by atoms with Crippen molar-refractivity contribution in [3.8, 4) is 11.5 Å². The number of ether oxygens (including phenoxy) is 2. The number of methoxy groups -OCH3 is 1. The molecule has 8 heteroatoms. The number of anilines is 2. The van der Waals surface area contributed by atoms with E-state index in [1.165, 1.54) is 37.7 Å². The zero-order valence-electron chi connectivity index (χ0n) is 22.8. The standard InChI is InChI=1S/C30H38ClN3O4/c1-5-6-7-26-24(14-15-32(26)22-9-10-22)21-8-13-27-28(16-21)33(18-19(2)34(27)20(3)35)30(36)38-29-17-23(37-4)11-12-25(29)31/h8,11-13,16-17,19,22,24,26H,5-7,9-10,14-15,18H2,1-4H3/t19-,24?,26?/m0/s1. The van der Waals surface area contributed by atoms with E-state index in [-0.39, 0.29) is 17.7 Å². The highest BCUT2D eigenvalue weighted by Crippen LogP contribution is 2.45. The minimum atomic E-state index is -0.526. The molecule has 2 aliphatic heterocycles. The second-order valence-corrected chi connectivity index (χ2v) is 11.2. The molecule has 2 heterocycles.